The van der Waals surface area contributed by atoms with E-state index >= 15 is 0 Å². The predicted octanol–water partition coefficient (Wildman–Crippen LogP) is 4.21. The highest BCUT2D eigenvalue weighted by atomic mass is 16.5. The number of Topliss-reactive ketones (excluding diaryl/α,β-unsaturated/α-hetero) is 1. The standard InChI is InChI=1S/C19H17NO3/c1-3-23-19(22)18-11-16-10-15(7-8-17(16)20-18)14-6-4-5-13(9-14)12(2)21/h4-11,20H,3H2,1-2H3. The number of carbonyl (C=O) groups is 2. The summed E-state index contributed by atoms with van der Waals surface area (Å²) in [5.41, 5.74) is 3.97. The Bertz CT molecular complexity index is 893. The summed E-state index contributed by atoms with van der Waals surface area (Å²) in [6.45, 7) is 3.68. The lowest BCUT2D eigenvalue weighted by Gasteiger charge is -2.04. The van der Waals surface area contributed by atoms with Crippen molar-refractivity contribution < 1.29 is 14.3 Å². The zero-order valence-corrected chi connectivity index (χ0v) is 13.1. The summed E-state index contributed by atoms with van der Waals surface area (Å²) in [5.74, 6) is -0.317. The Morgan fingerprint density at radius 2 is 1.83 bits per heavy atom. The van der Waals surface area contributed by atoms with Crippen molar-refractivity contribution in [1.82, 2.24) is 4.98 Å². The molecule has 4 heteroatoms. The number of ketones is 1. The van der Waals surface area contributed by atoms with Crippen LogP contribution >= 0.6 is 0 Å². The number of aromatic amines is 1. The molecular weight excluding hydrogens is 290 g/mol. The molecule has 0 radical (unpaired) electrons. The Kier molecular flexibility index (Phi) is 3.98. The largest absolute Gasteiger partial charge is 0.461 e. The molecule has 1 N–H and O–H groups in total. The third kappa shape index (κ3) is 3.01. The monoisotopic (exact) mass is 307 g/mol. The van der Waals surface area contributed by atoms with Crippen LogP contribution in [0.15, 0.2) is 48.5 Å². The van der Waals surface area contributed by atoms with Gasteiger partial charge < -0.3 is 9.72 Å². The maximum absolute atomic E-state index is 11.8. The molecule has 3 rings (SSSR count). The molecule has 0 unspecified atom stereocenters. The molecule has 0 atom stereocenters. The number of ether oxygens (including phenoxy) is 1. The molecule has 0 aliphatic heterocycles. The van der Waals surface area contributed by atoms with Gasteiger partial charge in [0.2, 0.25) is 0 Å². The fraction of sp³-hybridized carbons (Fsp3) is 0.158. The minimum atomic E-state index is -0.358. The highest BCUT2D eigenvalue weighted by Crippen LogP contribution is 2.26. The Morgan fingerprint density at radius 1 is 1.04 bits per heavy atom. The fourth-order valence-corrected chi connectivity index (χ4v) is 2.55. The minimum absolute atomic E-state index is 0.0409. The van der Waals surface area contributed by atoms with Gasteiger partial charge in [-0.3, -0.25) is 4.79 Å². The first-order valence-corrected chi connectivity index (χ1v) is 7.49. The van der Waals surface area contributed by atoms with Crippen molar-refractivity contribution in [2.24, 2.45) is 0 Å². The maximum Gasteiger partial charge on any atom is 0.354 e. The second kappa shape index (κ2) is 6.08. The van der Waals surface area contributed by atoms with Crippen molar-refractivity contribution in [3.63, 3.8) is 0 Å². The molecule has 1 aromatic heterocycles. The number of fused-ring (bicyclic) bond motifs is 1. The summed E-state index contributed by atoms with van der Waals surface area (Å²) < 4.78 is 5.01. The van der Waals surface area contributed by atoms with Gasteiger partial charge in [0, 0.05) is 16.5 Å². The van der Waals surface area contributed by atoms with Crippen molar-refractivity contribution in [1.29, 1.82) is 0 Å². The quantitative estimate of drug-likeness (QED) is 0.580. The number of nitrogens with one attached hydrogen (secondary N) is 1. The van der Waals surface area contributed by atoms with Gasteiger partial charge in [0.1, 0.15) is 5.69 Å². The van der Waals surface area contributed by atoms with E-state index in [9.17, 15) is 9.59 Å². The molecule has 0 aliphatic carbocycles. The molecule has 0 saturated heterocycles. The number of carbonyl (C=O) groups excluding carboxylic acids is 2. The van der Waals surface area contributed by atoms with Crippen LogP contribution < -0.4 is 0 Å². The highest BCUT2D eigenvalue weighted by Gasteiger charge is 2.11. The molecule has 0 saturated carbocycles. The Labute approximate surface area is 134 Å². The summed E-state index contributed by atoms with van der Waals surface area (Å²) >= 11 is 0. The smallest absolute Gasteiger partial charge is 0.354 e. The minimum Gasteiger partial charge on any atom is -0.461 e. The average molecular weight is 307 g/mol. The lowest BCUT2D eigenvalue weighted by atomic mass is 10.0. The molecule has 1 heterocycles. The Morgan fingerprint density at radius 3 is 2.57 bits per heavy atom. The first kappa shape index (κ1) is 15.0. The maximum atomic E-state index is 11.8. The van der Waals surface area contributed by atoms with Gasteiger partial charge in [0.05, 0.1) is 6.61 Å². The van der Waals surface area contributed by atoms with E-state index in [4.69, 9.17) is 4.74 Å². The van der Waals surface area contributed by atoms with E-state index in [1.54, 1.807) is 26.0 Å². The van der Waals surface area contributed by atoms with Crippen LogP contribution in [0.2, 0.25) is 0 Å². The summed E-state index contributed by atoms with van der Waals surface area (Å²) in [6.07, 6.45) is 0. The zero-order valence-electron chi connectivity index (χ0n) is 13.1. The van der Waals surface area contributed by atoms with Crippen LogP contribution in [0.3, 0.4) is 0 Å². The van der Waals surface area contributed by atoms with Crippen LogP contribution in [0.4, 0.5) is 0 Å². The molecule has 0 bridgehead atoms. The molecule has 23 heavy (non-hydrogen) atoms. The van der Waals surface area contributed by atoms with Crippen molar-refractivity contribution in [3.05, 3.63) is 59.8 Å². The summed E-state index contributed by atoms with van der Waals surface area (Å²) in [4.78, 5) is 26.4. The number of hydrogen-bond acceptors (Lipinski definition) is 3. The molecule has 4 nitrogen and oxygen atoms in total. The van der Waals surface area contributed by atoms with Gasteiger partial charge >= 0.3 is 5.97 Å². The zero-order chi connectivity index (χ0) is 16.4. The molecule has 0 amide bonds. The van der Waals surface area contributed by atoms with Crippen LogP contribution in [-0.4, -0.2) is 23.3 Å². The number of aromatic nitrogens is 1. The van der Waals surface area contributed by atoms with Gasteiger partial charge in [-0.05, 0) is 49.2 Å². The third-order valence-electron chi connectivity index (χ3n) is 3.72. The van der Waals surface area contributed by atoms with Crippen LogP contribution in [0.1, 0.15) is 34.7 Å². The number of hydrogen-bond donors (Lipinski definition) is 1. The predicted molar refractivity (Wildman–Crippen MR) is 89.7 cm³/mol. The SMILES string of the molecule is CCOC(=O)c1cc2cc(-c3cccc(C(C)=O)c3)ccc2[nH]1. The van der Waals surface area contributed by atoms with Gasteiger partial charge in [-0.2, -0.15) is 0 Å². The second-order valence-electron chi connectivity index (χ2n) is 5.34. The number of benzene rings is 2. The lowest BCUT2D eigenvalue weighted by molar-refractivity contribution is 0.0520. The first-order chi connectivity index (χ1) is 11.1. The first-order valence-electron chi connectivity index (χ1n) is 7.49. The molecule has 2 aromatic carbocycles. The van der Waals surface area contributed by atoms with E-state index < -0.39 is 0 Å². The Hall–Kier alpha value is -2.88. The van der Waals surface area contributed by atoms with Gasteiger partial charge in [-0.1, -0.05) is 24.3 Å². The third-order valence-corrected chi connectivity index (χ3v) is 3.72. The molecule has 0 spiro atoms. The molecule has 116 valence electrons. The van der Waals surface area contributed by atoms with Crippen LogP contribution in [0.5, 0.6) is 0 Å². The van der Waals surface area contributed by atoms with Gasteiger partial charge in [-0.15, -0.1) is 0 Å². The summed E-state index contributed by atoms with van der Waals surface area (Å²) in [5, 5.41) is 0.929. The lowest BCUT2D eigenvalue weighted by Crippen LogP contribution is -2.04. The van der Waals surface area contributed by atoms with Gasteiger partial charge in [0.25, 0.3) is 0 Å². The van der Waals surface area contributed by atoms with Crippen molar-refractivity contribution in [2.45, 2.75) is 13.8 Å². The summed E-state index contributed by atoms with van der Waals surface area (Å²) in [6, 6.07) is 15.2. The molecular formula is C19H17NO3. The van der Waals surface area contributed by atoms with Crippen molar-refractivity contribution >= 4 is 22.7 Å². The van der Waals surface area contributed by atoms with E-state index in [2.05, 4.69) is 4.98 Å². The van der Waals surface area contributed by atoms with Crippen LogP contribution in [-0.2, 0) is 4.74 Å². The Balaban J connectivity index is 2.01. The van der Waals surface area contributed by atoms with E-state index in [1.807, 2.05) is 36.4 Å². The number of H-pyrrole nitrogens is 1. The van der Waals surface area contributed by atoms with Crippen LogP contribution in [0, 0.1) is 0 Å². The molecule has 3 aromatic rings. The topological polar surface area (TPSA) is 59.2 Å². The number of rotatable bonds is 4. The normalized spacial score (nSPS) is 10.7. The highest BCUT2D eigenvalue weighted by molar-refractivity contribution is 5.97. The van der Waals surface area contributed by atoms with E-state index in [-0.39, 0.29) is 11.8 Å². The van der Waals surface area contributed by atoms with Crippen molar-refractivity contribution in [2.75, 3.05) is 6.61 Å². The van der Waals surface area contributed by atoms with E-state index in [0.29, 0.717) is 17.9 Å². The molecule has 0 fully saturated rings. The molecule has 0 aliphatic rings. The van der Waals surface area contributed by atoms with Gasteiger partial charge in [0.15, 0.2) is 5.78 Å². The average Bonchev–Trinajstić information content (AvgIpc) is 2.98. The van der Waals surface area contributed by atoms with Crippen LogP contribution in [0.25, 0.3) is 22.0 Å². The van der Waals surface area contributed by atoms with E-state index in [1.165, 1.54) is 0 Å². The number of esters is 1. The van der Waals surface area contributed by atoms with Crippen molar-refractivity contribution in [3.8, 4) is 11.1 Å². The van der Waals surface area contributed by atoms with Gasteiger partial charge in [-0.25, -0.2) is 4.79 Å². The second-order valence-corrected chi connectivity index (χ2v) is 5.34. The summed E-state index contributed by atoms with van der Waals surface area (Å²) in [7, 11) is 0. The fourth-order valence-electron chi connectivity index (χ4n) is 2.55. The van der Waals surface area contributed by atoms with E-state index in [0.717, 1.165) is 22.0 Å².